The van der Waals surface area contributed by atoms with Crippen LogP contribution in [0.25, 0.3) is 0 Å². The molecule has 20 heavy (non-hydrogen) atoms. The summed E-state index contributed by atoms with van der Waals surface area (Å²) in [6.45, 7) is 8.37. The Morgan fingerprint density at radius 2 is 1.90 bits per heavy atom. The number of carboxylic acid groups (broad SMARTS) is 1. The third kappa shape index (κ3) is 3.21. The van der Waals surface area contributed by atoms with E-state index in [1.54, 1.807) is 4.90 Å². The van der Waals surface area contributed by atoms with Gasteiger partial charge in [-0.15, -0.1) is 0 Å². The van der Waals surface area contributed by atoms with Crippen LogP contribution < -0.4 is 0 Å². The van der Waals surface area contributed by atoms with Gasteiger partial charge in [0.25, 0.3) is 0 Å². The van der Waals surface area contributed by atoms with Crippen LogP contribution in [0.3, 0.4) is 0 Å². The van der Waals surface area contributed by atoms with Gasteiger partial charge in [-0.05, 0) is 13.5 Å². The number of piperazine rings is 1. The predicted octanol–water partition coefficient (Wildman–Crippen LogP) is -0.0822. The van der Waals surface area contributed by atoms with Crippen molar-refractivity contribution in [3.63, 3.8) is 0 Å². The molecule has 0 aromatic heterocycles. The van der Waals surface area contributed by atoms with E-state index in [2.05, 4.69) is 18.7 Å². The molecule has 7 nitrogen and oxygen atoms in total. The molecule has 0 radical (unpaired) electrons. The van der Waals surface area contributed by atoms with Gasteiger partial charge in [0.05, 0.1) is 13.2 Å². The van der Waals surface area contributed by atoms with Crippen LogP contribution in [0.5, 0.6) is 0 Å². The molecule has 0 bridgehead atoms. The highest BCUT2D eigenvalue weighted by atomic mass is 16.5. The number of carbonyl (C=O) groups excluding carboxylic acids is 1. The van der Waals surface area contributed by atoms with Gasteiger partial charge < -0.3 is 19.6 Å². The third-order valence-corrected chi connectivity index (χ3v) is 4.05. The van der Waals surface area contributed by atoms with E-state index in [4.69, 9.17) is 9.84 Å². The summed E-state index contributed by atoms with van der Waals surface area (Å²) in [5, 5.41) is 8.97. The van der Waals surface area contributed by atoms with Crippen molar-refractivity contribution < 1.29 is 19.4 Å². The number of rotatable bonds is 2. The fourth-order valence-corrected chi connectivity index (χ4v) is 2.81. The summed E-state index contributed by atoms with van der Waals surface area (Å²) in [7, 11) is 0. The maximum atomic E-state index is 12.4. The molecule has 114 valence electrons. The molecule has 2 heterocycles. The minimum absolute atomic E-state index is 0.0675. The molecule has 0 saturated carbocycles. The smallest absolute Gasteiger partial charge is 0.334 e. The molecule has 0 spiro atoms. The van der Waals surface area contributed by atoms with Gasteiger partial charge in [0.15, 0.2) is 6.10 Å². The molecule has 2 atom stereocenters. The van der Waals surface area contributed by atoms with Crippen molar-refractivity contribution in [3.8, 4) is 0 Å². The quantitative estimate of drug-likeness (QED) is 0.768. The lowest BCUT2D eigenvalue weighted by Gasteiger charge is -2.42. The Bertz CT molecular complexity index is 377. The Morgan fingerprint density at radius 1 is 1.20 bits per heavy atom. The number of urea groups is 1. The first-order chi connectivity index (χ1) is 9.52. The molecule has 2 saturated heterocycles. The van der Waals surface area contributed by atoms with Gasteiger partial charge in [0.1, 0.15) is 0 Å². The number of hydrogen-bond acceptors (Lipinski definition) is 4. The molecular formula is C13H23N3O4. The Kier molecular flexibility index (Phi) is 4.82. The van der Waals surface area contributed by atoms with E-state index in [0.717, 1.165) is 13.1 Å². The second kappa shape index (κ2) is 6.41. The second-order valence-corrected chi connectivity index (χ2v) is 5.35. The van der Waals surface area contributed by atoms with Crippen molar-refractivity contribution in [1.82, 2.24) is 14.7 Å². The number of hydrogen-bond donors (Lipinski definition) is 1. The first kappa shape index (κ1) is 15.1. The van der Waals surface area contributed by atoms with Crippen molar-refractivity contribution in [2.45, 2.75) is 26.0 Å². The van der Waals surface area contributed by atoms with Gasteiger partial charge in [-0.2, -0.15) is 0 Å². The van der Waals surface area contributed by atoms with Gasteiger partial charge in [-0.3, -0.25) is 4.90 Å². The van der Waals surface area contributed by atoms with Crippen molar-refractivity contribution >= 4 is 12.0 Å². The largest absolute Gasteiger partial charge is 0.479 e. The van der Waals surface area contributed by atoms with E-state index in [0.29, 0.717) is 25.7 Å². The molecule has 0 aromatic carbocycles. The molecule has 2 aliphatic rings. The maximum absolute atomic E-state index is 12.4. The number of morpholine rings is 1. The van der Waals surface area contributed by atoms with Gasteiger partial charge in [0.2, 0.25) is 0 Å². The number of carboxylic acids is 1. The van der Waals surface area contributed by atoms with Gasteiger partial charge >= 0.3 is 12.0 Å². The molecule has 0 aliphatic carbocycles. The van der Waals surface area contributed by atoms with E-state index in [1.165, 1.54) is 0 Å². The van der Waals surface area contributed by atoms with Crippen LogP contribution in [0.4, 0.5) is 4.79 Å². The van der Waals surface area contributed by atoms with Crippen LogP contribution in [-0.4, -0.2) is 89.8 Å². The molecule has 2 fully saturated rings. The van der Waals surface area contributed by atoms with Crippen LogP contribution in [-0.2, 0) is 9.53 Å². The van der Waals surface area contributed by atoms with Crippen molar-refractivity contribution in [1.29, 1.82) is 0 Å². The number of likely N-dealkylation sites (N-methyl/N-ethyl adjacent to an activating group) is 1. The van der Waals surface area contributed by atoms with E-state index >= 15 is 0 Å². The number of ether oxygens (including phenoxy) is 1. The highest BCUT2D eigenvalue weighted by Gasteiger charge is 2.33. The minimum atomic E-state index is -1.01. The second-order valence-electron chi connectivity index (χ2n) is 5.35. The van der Waals surface area contributed by atoms with Crippen molar-refractivity contribution in [2.24, 2.45) is 0 Å². The monoisotopic (exact) mass is 285 g/mol. The van der Waals surface area contributed by atoms with E-state index in [9.17, 15) is 9.59 Å². The number of carbonyl (C=O) groups is 2. The summed E-state index contributed by atoms with van der Waals surface area (Å²) in [5.74, 6) is -1.01. The zero-order chi connectivity index (χ0) is 14.7. The fraction of sp³-hybridized carbons (Fsp3) is 0.846. The average Bonchev–Trinajstić information content (AvgIpc) is 2.46. The lowest BCUT2D eigenvalue weighted by atomic mass is 10.2. The molecule has 2 amide bonds. The maximum Gasteiger partial charge on any atom is 0.334 e. The standard InChI is InChI=1S/C13H23N3O4/c1-3-14-4-5-15(8-10(14)2)13(19)16-6-7-20-11(9-16)12(17)18/h10-11H,3-9H2,1-2H3,(H,17,18). The van der Waals surface area contributed by atoms with E-state index < -0.39 is 12.1 Å². The molecule has 2 unspecified atom stereocenters. The Balaban J connectivity index is 1.92. The van der Waals surface area contributed by atoms with Crippen molar-refractivity contribution in [2.75, 3.05) is 45.9 Å². The highest BCUT2D eigenvalue weighted by Crippen LogP contribution is 2.14. The molecule has 2 aliphatic heterocycles. The van der Waals surface area contributed by atoms with Crippen LogP contribution in [0.2, 0.25) is 0 Å². The highest BCUT2D eigenvalue weighted by molar-refractivity contribution is 5.77. The minimum Gasteiger partial charge on any atom is -0.479 e. The molecular weight excluding hydrogens is 262 g/mol. The van der Waals surface area contributed by atoms with Crippen LogP contribution in [0.1, 0.15) is 13.8 Å². The van der Waals surface area contributed by atoms with Gasteiger partial charge in [-0.25, -0.2) is 9.59 Å². The third-order valence-electron chi connectivity index (χ3n) is 4.05. The molecule has 7 heteroatoms. The van der Waals surface area contributed by atoms with Crippen LogP contribution in [0.15, 0.2) is 0 Å². The van der Waals surface area contributed by atoms with Crippen LogP contribution >= 0.6 is 0 Å². The summed E-state index contributed by atoms with van der Waals surface area (Å²) in [5.41, 5.74) is 0. The number of nitrogens with zero attached hydrogens (tertiary/aromatic N) is 3. The Labute approximate surface area is 119 Å². The molecule has 0 aromatic rings. The summed E-state index contributed by atoms with van der Waals surface area (Å²) in [6, 6.07) is 0.274. The van der Waals surface area contributed by atoms with Gasteiger partial charge in [0, 0.05) is 32.2 Å². The number of amides is 2. The Morgan fingerprint density at radius 3 is 2.50 bits per heavy atom. The topological polar surface area (TPSA) is 73.3 Å². The first-order valence-corrected chi connectivity index (χ1v) is 7.15. The lowest BCUT2D eigenvalue weighted by Crippen LogP contribution is -2.59. The molecule has 1 N–H and O–H groups in total. The lowest BCUT2D eigenvalue weighted by molar-refractivity contribution is -0.154. The SMILES string of the molecule is CCN1CCN(C(=O)N2CCOC(C(=O)O)C2)CC1C. The van der Waals surface area contributed by atoms with Crippen LogP contribution in [0, 0.1) is 0 Å². The summed E-state index contributed by atoms with van der Waals surface area (Å²) in [6.07, 6.45) is -0.901. The summed E-state index contributed by atoms with van der Waals surface area (Å²) < 4.78 is 5.14. The fourth-order valence-electron chi connectivity index (χ4n) is 2.81. The number of aliphatic carboxylic acids is 1. The Hall–Kier alpha value is -1.34. The van der Waals surface area contributed by atoms with Gasteiger partial charge in [-0.1, -0.05) is 6.92 Å². The normalized spacial score (nSPS) is 28.5. The predicted molar refractivity (Wildman–Crippen MR) is 72.6 cm³/mol. The zero-order valence-electron chi connectivity index (χ0n) is 12.1. The first-order valence-electron chi connectivity index (χ1n) is 7.15. The van der Waals surface area contributed by atoms with Crippen molar-refractivity contribution in [3.05, 3.63) is 0 Å². The molecule has 2 rings (SSSR count). The summed E-state index contributed by atoms with van der Waals surface area (Å²) in [4.78, 5) is 29.1. The van der Waals surface area contributed by atoms with E-state index in [-0.39, 0.29) is 19.2 Å². The zero-order valence-corrected chi connectivity index (χ0v) is 12.1. The van der Waals surface area contributed by atoms with E-state index in [1.807, 2.05) is 4.90 Å². The summed E-state index contributed by atoms with van der Waals surface area (Å²) >= 11 is 0. The average molecular weight is 285 g/mol.